The number of nitriles is 1. The molecule has 33 heavy (non-hydrogen) atoms. The predicted octanol–water partition coefficient (Wildman–Crippen LogP) is 6.07. The van der Waals surface area contributed by atoms with Gasteiger partial charge in [0.15, 0.2) is 0 Å². The van der Waals surface area contributed by atoms with E-state index in [1.54, 1.807) is 11.9 Å². The summed E-state index contributed by atoms with van der Waals surface area (Å²) in [7, 11) is 2.11. The Hall–Kier alpha value is -2.91. The Morgan fingerprint density at radius 2 is 1.79 bits per heavy atom. The summed E-state index contributed by atoms with van der Waals surface area (Å²) in [6.07, 6.45) is 8.94. The number of aryl methyl sites for hydroxylation is 1. The highest BCUT2D eigenvalue weighted by molar-refractivity contribution is 8.00. The van der Waals surface area contributed by atoms with E-state index in [0.29, 0.717) is 17.4 Å². The Kier molecular flexibility index (Phi) is 6.32. The van der Waals surface area contributed by atoms with Crippen molar-refractivity contribution in [3.63, 3.8) is 0 Å². The van der Waals surface area contributed by atoms with Gasteiger partial charge in [-0.15, -0.1) is 0 Å². The van der Waals surface area contributed by atoms with Crippen molar-refractivity contribution in [2.75, 3.05) is 17.8 Å². The van der Waals surface area contributed by atoms with Crippen molar-refractivity contribution in [3.05, 3.63) is 59.8 Å². The molecular formula is C27H30N4OS. The number of hydrogen-bond donors (Lipinski definition) is 1. The number of piperidine rings is 1. The second-order valence-electron chi connectivity index (χ2n) is 9.35. The van der Waals surface area contributed by atoms with Crippen LogP contribution in [0.25, 0.3) is 10.9 Å². The van der Waals surface area contributed by atoms with E-state index in [4.69, 9.17) is 5.26 Å². The van der Waals surface area contributed by atoms with E-state index < -0.39 is 0 Å². The fourth-order valence-electron chi connectivity index (χ4n) is 5.37. The summed E-state index contributed by atoms with van der Waals surface area (Å²) in [6.45, 7) is 1.76. The number of anilines is 1. The quantitative estimate of drug-likeness (QED) is 0.472. The number of carbonyl (C=O) groups is 1. The predicted molar refractivity (Wildman–Crippen MR) is 134 cm³/mol. The number of nitrogens with one attached hydrogen (secondary N) is 1. The van der Waals surface area contributed by atoms with Crippen molar-refractivity contribution in [2.24, 2.45) is 13.0 Å². The van der Waals surface area contributed by atoms with Crippen molar-refractivity contribution < 1.29 is 4.79 Å². The van der Waals surface area contributed by atoms with Crippen LogP contribution in [0.3, 0.4) is 0 Å². The number of nitrogens with zero attached hydrogens (tertiary/aromatic N) is 3. The molecule has 1 amide bonds. The van der Waals surface area contributed by atoms with Crippen LogP contribution in [0, 0.1) is 17.2 Å². The third-order valence-electron chi connectivity index (χ3n) is 7.24. The fourth-order valence-corrected chi connectivity index (χ4v) is 6.00. The zero-order valence-electron chi connectivity index (χ0n) is 19.1. The molecule has 0 radical (unpaired) electrons. The Bertz CT molecular complexity index is 1180. The molecule has 2 heterocycles. The second kappa shape index (κ2) is 9.52. The molecule has 2 aromatic carbocycles. The zero-order valence-corrected chi connectivity index (χ0v) is 19.9. The summed E-state index contributed by atoms with van der Waals surface area (Å²) in [4.78, 5) is 16.0. The molecule has 0 spiro atoms. The molecular weight excluding hydrogens is 428 g/mol. The molecule has 0 bridgehead atoms. The lowest BCUT2D eigenvalue weighted by Crippen LogP contribution is -2.40. The second-order valence-corrected chi connectivity index (χ2v) is 10.2. The average Bonchev–Trinajstić information content (AvgIpc) is 3.51. The van der Waals surface area contributed by atoms with E-state index in [2.05, 4.69) is 51.7 Å². The maximum atomic E-state index is 12.8. The highest BCUT2D eigenvalue weighted by Gasteiger charge is 2.31. The molecule has 0 unspecified atom stereocenters. The summed E-state index contributed by atoms with van der Waals surface area (Å²) in [5.74, 6) is 1.17. The van der Waals surface area contributed by atoms with Gasteiger partial charge in [-0.1, -0.05) is 12.8 Å². The van der Waals surface area contributed by atoms with Crippen LogP contribution in [0.1, 0.15) is 55.6 Å². The summed E-state index contributed by atoms with van der Waals surface area (Å²) < 4.78 is 5.68. The summed E-state index contributed by atoms with van der Waals surface area (Å²) in [5.41, 5.74) is 4.37. The molecule has 1 aromatic heterocycles. The minimum atomic E-state index is 0.279. The number of fused-ring (bicyclic) bond motifs is 1. The van der Waals surface area contributed by atoms with E-state index in [1.165, 1.54) is 29.3 Å². The molecule has 2 aliphatic rings. The Morgan fingerprint density at radius 1 is 1.06 bits per heavy atom. The number of carbonyl (C=O) groups excluding carboxylic acids is 1. The molecule has 170 valence electrons. The number of hydrogen-bond acceptors (Lipinski definition) is 4. The van der Waals surface area contributed by atoms with Gasteiger partial charge < -0.3 is 14.2 Å². The molecule has 3 aromatic rings. The average molecular weight is 459 g/mol. The third kappa shape index (κ3) is 4.60. The molecule has 1 aliphatic carbocycles. The van der Waals surface area contributed by atoms with Gasteiger partial charge in [0.1, 0.15) is 0 Å². The van der Waals surface area contributed by atoms with Crippen LogP contribution in [-0.2, 0) is 11.8 Å². The van der Waals surface area contributed by atoms with Crippen molar-refractivity contribution in [3.8, 4) is 6.07 Å². The van der Waals surface area contributed by atoms with Crippen molar-refractivity contribution in [1.29, 1.82) is 5.26 Å². The van der Waals surface area contributed by atoms with Crippen molar-refractivity contribution in [2.45, 2.75) is 49.3 Å². The first-order valence-corrected chi connectivity index (χ1v) is 12.7. The number of rotatable bonds is 5. The molecule has 6 heteroatoms. The third-order valence-corrected chi connectivity index (χ3v) is 8.09. The summed E-state index contributed by atoms with van der Waals surface area (Å²) >= 11 is 1.55. The summed E-state index contributed by atoms with van der Waals surface area (Å²) in [6, 6.07) is 16.3. The first kappa shape index (κ1) is 21.9. The van der Waals surface area contributed by atoms with Crippen LogP contribution in [-0.4, -0.2) is 28.5 Å². The maximum absolute atomic E-state index is 12.8. The molecule has 5 nitrogen and oxygen atoms in total. The fraction of sp³-hybridized carbons (Fsp3) is 0.407. The molecule has 1 aliphatic heterocycles. The lowest BCUT2D eigenvalue weighted by atomic mass is 9.88. The molecule has 5 rings (SSSR count). The largest absolute Gasteiger partial charge is 0.350 e. The Morgan fingerprint density at radius 3 is 2.48 bits per heavy atom. The van der Waals surface area contributed by atoms with Gasteiger partial charge in [-0.25, -0.2) is 0 Å². The van der Waals surface area contributed by atoms with Gasteiger partial charge in [0, 0.05) is 53.7 Å². The first-order chi connectivity index (χ1) is 16.1. The SMILES string of the molecule is Cn1cc(C2CCN(C(=O)C3CCCC3)CC2)c2cc(NSc3ccc(C#N)cc3)ccc21. The Labute approximate surface area is 199 Å². The van der Waals surface area contributed by atoms with E-state index in [0.717, 1.165) is 49.4 Å². The van der Waals surface area contributed by atoms with Gasteiger partial charge in [0.05, 0.1) is 11.6 Å². The van der Waals surface area contributed by atoms with Crippen LogP contribution in [0.4, 0.5) is 5.69 Å². The zero-order chi connectivity index (χ0) is 22.8. The van der Waals surface area contributed by atoms with Gasteiger partial charge in [0.25, 0.3) is 0 Å². The lowest BCUT2D eigenvalue weighted by Gasteiger charge is -2.33. The molecule has 1 N–H and O–H groups in total. The summed E-state index contributed by atoms with van der Waals surface area (Å²) in [5, 5.41) is 10.3. The topological polar surface area (TPSA) is 61.1 Å². The molecule has 1 saturated heterocycles. The Balaban J connectivity index is 1.28. The minimum Gasteiger partial charge on any atom is -0.350 e. The first-order valence-electron chi connectivity index (χ1n) is 11.9. The van der Waals surface area contributed by atoms with E-state index in [9.17, 15) is 4.79 Å². The number of aromatic nitrogens is 1. The number of amides is 1. The van der Waals surface area contributed by atoms with Crippen LogP contribution in [0.5, 0.6) is 0 Å². The lowest BCUT2D eigenvalue weighted by molar-refractivity contribution is -0.136. The van der Waals surface area contributed by atoms with E-state index in [1.807, 2.05) is 24.3 Å². The van der Waals surface area contributed by atoms with Gasteiger partial charge in [-0.3, -0.25) is 4.79 Å². The molecule has 2 fully saturated rings. The van der Waals surface area contributed by atoms with Gasteiger partial charge in [0.2, 0.25) is 5.91 Å². The number of benzene rings is 2. The highest BCUT2D eigenvalue weighted by atomic mass is 32.2. The van der Waals surface area contributed by atoms with Crippen molar-refractivity contribution in [1.82, 2.24) is 9.47 Å². The number of likely N-dealkylation sites (tertiary alicyclic amines) is 1. The van der Waals surface area contributed by atoms with Crippen molar-refractivity contribution >= 4 is 34.4 Å². The van der Waals surface area contributed by atoms with E-state index >= 15 is 0 Å². The normalized spacial score (nSPS) is 17.4. The van der Waals surface area contributed by atoms with Crippen LogP contribution < -0.4 is 4.72 Å². The van der Waals surface area contributed by atoms with Crippen LogP contribution in [0.2, 0.25) is 0 Å². The standard InChI is InChI=1S/C27H30N4OS/c1-30-18-25(20-12-14-31(15-13-20)27(32)21-4-2-3-5-21)24-16-22(8-11-26(24)30)29-33-23-9-6-19(17-28)7-10-23/h6-11,16,18,20-21,29H,2-5,12-15H2,1H3. The van der Waals surface area contributed by atoms with Gasteiger partial charge >= 0.3 is 0 Å². The van der Waals surface area contributed by atoms with Crippen LogP contribution >= 0.6 is 11.9 Å². The highest BCUT2D eigenvalue weighted by Crippen LogP contribution is 2.37. The minimum absolute atomic E-state index is 0.279. The smallest absolute Gasteiger partial charge is 0.225 e. The monoisotopic (exact) mass is 458 g/mol. The van der Waals surface area contributed by atoms with E-state index in [-0.39, 0.29) is 5.92 Å². The maximum Gasteiger partial charge on any atom is 0.225 e. The van der Waals surface area contributed by atoms with Gasteiger partial charge in [-0.2, -0.15) is 5.26 Å². The molecule has 0 atom stereocenters. The van der Waals surface area contributed by atoms with Gasteiger partial charge in [-0.05, 0) is 91.6 Å². The molecule has 1 saturated carbocycles. The van der Waals surface area contributed by atoms with Crippen LogP contribution in [0.15, 0.2) is 53.6 Å².